The molecule has 112 valence electrons. The normalized spacial score (nSPS) is 11.6. The lowest BCUT2D eigenvalue weighted by molar-refractivity contribution is 0.580. The van der Waals surface area contributed by atoms with Crippen molar-refractivity contribution in [2.45, 2.75) is 31.8 Å². The van der Waals surface area contributed by atoms with Gasteiger partial charge in [0.25, 0.3) is 0 Å². The smallest absolute Gasteiger partial charge is 0.240 e. The average Bonchev–Trinajstić information content (AvgIpc) is 2.46. The van der Waals surface area contributed by atoms with E-state index in [0.717, 1.165) is 22.4 Å². The molecule has 0 amide bonds. The number of aryl methyl sites for hydroxylation is 2. The maximum absolute atomic E-state index is 12.3. The Morgan fingerprint density at radius 1 is 1.19 bits per heavy atom. The van der Waals surface area contributed by atoms with E-state index in [9.17, 15) is 8.42 Å². The van der Waals surface area contributed by atoms with Crippen molar-refractivity contribution in [1.29, 1.82) is 0 Å². The van der Waals surface area contributed by atoms with Crippen LogP contribution in [0.15, 0.2) is 41.4 Å². The van der Waals surface area contributed by atoms with Crippen LogP contribution in [-0.4, -0.2) is 13.4 Å². The Labute approximate surface area is 125 Å². The third-order valence-electron chi connectivity index (χ3n) is 3.39. The minimum Gasteiger partial charge on any atom is -0.326 e. The van der Waals surface area contributed by atoms with E-state index in [1.54, 1.807) is 24.4 Å². The van der Waals surface area contributed by atoms with Crippen LogP contribution in [0.1, 0.15) is 22.4 Å². The number of nitrogens with one attached hydrogen (secondary N) is 1. The molecule has 0 unspecified atom stereocenters. The van der Waals surface area contributed by atoms with Gasteiger partial charge in [0, 0.05) is 12.7 Å². The molecule has 21 heavy (non-hydrogen) atoms. The first-order valence-electron chi connectivity index (χ1n) is 6.64. The van der Waals surface area contributed by atoms with Gasteiger partial charge in [0.1, 0.15) is 0 Å². The summed E-state index contributed by atoms with van der Waals surface area (Å²) in [6, 6.07) is 8.67. The molecule has 0 atom stereocenters. The molecule has 2 rings (SSSR count). The molecule has 0 spiro atoms. The number of benzene rings is 1. The van der Waals surface area contributed by atoms with E-state index in [-0.39, 0.29) is 11.4 Å². The molecule has 0 aliphatic carbocycles. The summed E-state index contributed by atoms with van der Waals surface area (Å²) in [5, 5.41) is 0. The summed E-state index contributed by atoms with van der Waals surface area (Å²) in [5.41, 5.74) is 9.07. The van der Waals surface area contributed by atoms with Gasteiger partial charge >= 0.3 is 0 Å². The monoisotopic (exact) mass is 305 g/mol. The van der Waals surface area contributed by atoms with Crippen LogP contribution >= 0.6 is 0 Å². The minimum atomic E-state index is -3.55. The van der Waals surface area contributed by atoms with Gasteiger partial charge in [-0.25, -0.2) is 13.1 Å². The third-order valence-corrected chi connectivity index (χ3v) is 4.79. The summed E-state index contributed by atoms with van der Waals surface area (Å²) in [5.74, 6) is 0. The van der Waals surface area contributed by atoms with Gasteiger partial charge in [-0.15, -0.1) is 0 Å². The topological polar surface area (TPSA) is 85.1 Å². The van der Waals surface area contributed by atoms with Crippen LogP contribution in [0, 0.1) is 13.8 Å². The molecule has 1 aromatic carbocycles. The number of nitrogens with zero attached hydrogens (tertiary/aromatic N) is 1. The van der Waals surface area contributed by atoms with E-state index in [2.05, 4.69) is 9.71 Å². The van der Waals surface area contributed by atoms with Crippen LogP contribution in [-0.2, 0) is 23.1 Å². The van der Waals surface area contributed by atoms with Crippen molar-refractivity contribution < 1.29 is 8.42 Å². The number of hydrogen-bond acceptors (Lipinski definition) is 4. The molecule has 0 aliphatic heterocycles. The Hall–Kier alpha value is -1.76. The molecule has 0 radical (unpaired) electrons. The third kappa shape index (κ3) is 3.66. The highest BCUT2D eigenvalue weighted by Crippen LogP contribution is 2.15. The van der Waals surface area contributed by atoms with Crippen molar-refractivity contribution in [2.24, 2.45) is 5.73 Å². The molecule has 5 nitrogen and oxygen atoms in total. The molecular formula is C15H19N3O2S. The highest BCUT2D eigenvalue weighted by molar-refractivity contribution is 7.89. The molecule has 6 heteroatoms. The molecule has 1 aromatic heterocycles. The van der Waals surface area contributed by atoms with Crippen LogP contribution in [0.25, 0.3) is 0 Å². The molecule has 0 aliphatic rings. The van der Waals surface area contributed by atoms with E-state index in [1.165, 1.54) is 0 Å². The van der Waals surface area contributed by atoms with Gasteiger partial charge in [-0.1, -0.05) is 12.1 Å². The minimum absolute atomic E-state index is 0.173. The summed E-state index contributed by atoms with van der Waals surface area (Å²) >= 11 is 0. The largest absolute Gasteiger partial charge is 0.326 e. The van der Waals surface area contributed by atoms with E-state index in [4.69, 9.17) is 5.73 Å². The van der Waals surface area contributed by atoms with Crippen molar-refractivity contribution >= 4 is 10.0 Å². The zero-order valence-electron chi connectivity index (χ0n) is 12.1. The lowest BCUT2D eigenvalue weighted by atomic mass is 10.1. The molecule has 0 bridgehead atoms. The number of sulfonamides is 1. The summed E-state index contributed by atoms with van der Waals surface area (Å²) < 4.78 is 27.2. The van der Waals surface area contributed by atoms with E-state index in [0.29, 0.717) is 6.54 Å². The first kappa shape index (κ1) is 15.6. The molecule has 0 saturated heterocycles. The van der Waals surface area contributed by atoms with Crippen molar-refractivity contribution in [2.75, 3.05) is 0 Å². The summed E-state index contributed by atoms with van der Waals surface area (Å²) in [6.45, 7) is 4.32. The second kappa shape index (κ2) is 6.34. The number of nitrogens with two attached hydrogens (primary N) is 1. The average molecular weight is 305 g/mol. The van der Waals surface area contributed by atoms with E-state index < -0.39 is 10.0 Å². The number of rotatable bonds is 5. The van der Waals surface area contributed by atoms with Crippen LogP contribution in [0.4, 0.5) is 0 Å². The molecule has 3 N–H and O–H groups in total. The van der Waals surface area contributed by atoms with Gasteiger partial charge in [0.05, 0.1) is 17.1 Å². The highest BCUT2D eigenvalue weighted by atomic mass is 32.2. The fourth-order valence-corrected chi connectivity index (χ4v) is 3.09. The quantitative estimate of drug-likeness (QED) is 0.879. The van der Waals surface area contributed by atoms with E-state index in [1.807, 2.05) is 26.0 Å². The summed E-state index contributed by atoms with van der Waals surface area (Å²) in [6.07, 6.45) is 1.65. The predicted octanol–water partition coefficient (Wildman–Crippen LogP) is 1.64. The van der Waals surface area contributed by atoms with Crippen molar-refractivity contribution in [3.63, 3.8) is 0 Å². The maximum Gasteiger partial charge on any atom is 0.240 e. The van der Waals surface area contributed by atoms with Gasteiger partial charge in [-0.3, -0.25) is 4.98 Å². The Balaban J connectivity index is 2.19. The van der Waals surface area contributed by atoms with Crippen molar-refractivity contribution in [3.8, 4) is 0 Å². The number of aromatic nitrogens is 1. The van der Waals surface area contributed by atoms with Crippen LogP contribution in [0.2, 0.25) is 0 Å². The first-order valence-corrected chi connectivity index (χ1v) is 8.12. The van der Waals surface area contributed by atoms with Gasteiger partial charge in [-0.05, 0) is 48.7 Å². The summed E-state index contributed by atoms with van der Waals surface area (Å²) in [7, 11) is -3.55. The van der Waals surface area contributed by atoms with Crippen LogP contribution < -0.4 is 10.5 Å². The molecular weight excluding hydrogens is 286 g/mol. The highest BCUT2D eigenvalue weighted by Gasteiger charge is 2.15. The van der Waals surface area contributed by atoms with Crippen molar-refractivity contribution in [3.05, 3.63) is 58.9 Å². The molecule has 1 heterocycles. The van der Waals surface area contributed by atoms with Crippen molar-refractivity contribution in [1.82, 2.24) is 9.71 Å². The fourth-order valence-electron chi connectivity index (χ4n) is 2.01. The molecule has 0 saturated carbocycles. The Morgan fingerprint density at radius 2 is 1.95 bits per heavy atom. The lowest BCUT2D eigenvalue weighted by Crippen LogP contribution is -2.24. The van der Waals surface area contributed by atoms with Gasteiger partial charge in [0.2, 0.25) is 10.0 Å². The molecule has 0 fully saturated rings. The van der Waals surface area contributed by atoms with E-state index >= 15 is 0 Å². The Morgan fingerprint density at radius 3 is 2.57 bits per heavy atom. The van der Waals surface area contributed by atoms with Gasteiger partial charge in [-0.2, -0.15) is 0 Å². The zero-order valence-corrected chi connectivity index (χ0v) is 12.9. The van der Waals surface area contributed by atoms with Crippen LogP contribution in [0.5, 0.6) is 0 Å². The first-order chi connectivity index (χ1) is 9.94. The Bertz CT molecular complexity index is 742. The second-order valence-electron chi connectivity index (χ2n) is 4.88. The second-order valence-corrected chi connectivity index (χ2v) is 6.65. The maximum atomic E-state index is 12.3. The number of hydrogen-bond donors (Lipinski definition) is 2. The predicted molar refractivity (Wildman–Crippen MR) is 82.1 cm³/mol. The summed E-state index contributed by atoms with van der Waals surface area (Å²) in [4.78, 5) is 4.42. The zero-order chi connectivity index (χ0) is 15.5. The van der Waals surface area contributed by atoms with Gasteiger partial charge < -0.3 is 5.73 Å². The van der Waals surface area contributed by atoms with Crippen LogP contribution in [0.3, 0.4) is 0 Å². The molecule has 2 aromatic rings. The standard InChI is InChI=1S/C15H19N3O2S/c1-11-4-3-7-17-15(11)10-18-21(19,20)14-6-5-13(9-16)12(2)8-14/h3-8,18H,9-10,16H2,1-2H3. The SMILES string of the molecule is Cc1cc(S(=O)(=O)NCc2ncccc2C)ccc1CN. The number of pyridine rings is 1. The fraction of sp³-hybridized carbons (Fsp3) is 0.267. The van der Waals surface area contributed by atoms with Gasteiger partial charge in [0.15, 0.2) is 0 Å². The lowest BCUT2D eigenvalue weighted by Gasteiger charge is -2.10. The Kier molecular flexibility index (Phi) is 4.72.